The summed E-state index contributed by atoms with van der Waals surface area (Å²) >= 11 is 0. The second kappa shape index (κ2) is 9.45. The lowest BCUT2D eigenvalue weighted by Gasteiger charge is -2.24. The Labute approximate surface area is 168 Å². The van der Waals surface area contributed by atoms with Crippen molar-refractivity contribution in [3.05, 3.63) is 29.8 Å². The first-order valence-electron chi connectivity index (χ1n) is 8.78. The number of halogens is 3. The van der Waals surface area contributed by atoms with Gasteiger partial charge in [-0.2, -0.15) is 13.2 Å². The van der Waals surface area contributed by atoms with E-state index in [4.69, 9.17) is 4.74 Å². The molecule has 1 aliphatic heterocycles. The molecule has 9 nitrogen and oxygen atoms in total. The van der Waals surface area contributed by atoms with Crippen molar-refractivity contribution in [1.29, 1.82) is 0 Å². The first kappa shape index (κ1) is 22.3. The molecule has 0 saturated heterocycles. The third-order valence-electron chi connectivity index (χ3n) is 3.89. The third-order valence-corrected chi connectivity index (χ3v) is 3.89. The fraction of sp³-hybridized carbons (Fsp3) is 0.471. The average Bonchev–Trinajstić information content (AvgIpc) is 3.12. The summed E-state index contributed by atoms with van der Waals surface area (Å²) in [5.41, 5.74) is 7.01. The smallest absolute Gasteiger partial charge is 0.416 e. The Kier molecular flexibility index (Phi) is 7.26. The monoisotopic (exact) mass is 420 g/mol. The van der Waals surface area contributed by atoms with Crippen LogP contribution in [-0.4, -0.2) is 42.4 Å². The highest BCUT2D eigenvalue weighted by Crippen LogP contribution is 2.29. The second-order valence-electron chi connectivity index (χ2n) is 6.84. The first-order chi connectivity index (χ1) is 13.6. The number of ether oxygens (including phenoxy) is 1. The van der Waals surface area contributed by atoms with E-state index in [0.717, 1.165) is 24.3 Å². The van der Waals surface area contributed by atoms with Crippen LogP contribution in [-0.2, 0) is 15.7 Å². The number of carbonyl (C=O) groups excluding carboxylic acids is 2. The summed E-state index contributed by atoms with van der Waals surface area (Å²) in [6, 6.07) is 3.91. The van der Waals surface area contributed by atoms with Gasteiger partial charge in [-0.05, 0) is 36.6 Å². The molecule has 1 heterocycles. The summed E-state index contributed by atoms with van der Waals surface area (Å²) in [4.78, 5) is 26.2. The van der Waals surface area contributed by atoms with Crippen molar-refractivity contribution in [3.63, 3.8) is 0 Å². The molecule has 1 atom stereocenters. The van der Waals surface area contributed by atoms with Crippen LogP contribution in [0.5, 0.6) is 0 Å². The topological polar surface area (TPSA) is 107 Å². The van der Waals surface area contributed by atoms with Crippen LogP contribution < -0.4 is 21.8 Å². The number of nitrogens with one attached hydrogen (secondary N) is 4. The molecule has 1 aromatic carbocycles. The van der Waals surface area contributed by atoms with Crippen LogP contribution in [0.15, 0.2) is 29.4 Å². The van der Waals surface area contributed by atoms with Crippen LogP contribution in [0.3, 0.4) is 0 Å². The van der Waals surface area contributed by atoms with E-state index in [0.29, 0.717) is 5.84 Å². The zero-order chi connectivity index (χ0) is 21.6. The van der Waals surface area contributed by atoms with Crippen molar-refractivity contribution < 1.29 is 30.4 Å². The van der Waals surface area contributed by atoms with E-state index in [9.17, 15) is 22.8 Å². The number of hydrazine groups is 2. The molecule has 164 valence electrons. The van der Waals surface area contributed by atoms with Gasteiger partial charge in [-0.25, -0.2) is 10.3 Å². The fourth-order valence-corrected chi connectivity index (χ4v) is 2.49. The maximum atomic E-state index is 12.7. The van der Waals surface area contributed by atoms with Gasteiger partial charge in [0, 0.05) is 15.6 Å². The molecular weight excluding hydrogens is 393 g/mol. The minimum Gasteiger partial charge on any atom is -0.436 e. The molecule has 0 unspecified atom stereocenters. The van der Waals surface area contributed by atoms with E-state index in [1.54, 1.807) is 0 Å². The SMILES string of the molecule is CC(C)C[C@H](OC(=O)Nc1ccc(C(F)(F)F)cc1)C(=O)N(C)CC1=NNNN1.[HH].[HH]. The van der Waals surface area contributed by atoms with Crippen molar-refractivity contribution in [3.8, 4) is 0 Å². The van der Waals surface area contributed by atoms with Gasteiger partial charge in [0.2, 0.25) is 0 Å². The number of carbonyl (C=O) groups is 2. The second-order valence-corrected chi connectivity index (χ2v) is 6.84. The zero-order valence-corrected chi connectivity index (χ0v) is 16.1. The molecule has 0 fully saturated rings. The molecule has 1 aliphatic rings. The molecule has 12 heteroatoms. The van der Waals surface area contributed by atoms with Gasteiger partial charge in [-0.15, -0.1) is 10.6 Å². The molecule has 29 heavy (non-hydrogen) atoms. The molecule has 0 aliphatic carbocycles. The maximum Gasteiger partial charge on any atom is 0.416 e. The van der Waals surface area contributed by atoms with Crippen molar-refractivity contribution in [2.45, 2.75) is 32.5 Å². The molecule has 1 aromatic rings. The van der Waals surface area contributed by atoms with Gasteiger partial charge in [0.1, 0.15) is 0 Å². The Balaban J connectivity index is 0.00000450. The van der Waals surface area contributed by atoms with Crippen molar-refractivity contribution in [2.24, 2.45) is 11.0 Å². The number of benzene rings is 1. The number of alkyl halides is 3. The number of hydrogen-bond acceptors (Lipinski definition) is 7. The van der Waals surface area contributed by atoms with Gasteiger partial charge in [0.15, 0.2) is 11.9 Å². The Morgan fingerprint density at radius 3 is 2.45 bits per heavy atom. The first-order valence-corrected chi connectivity index (χ1v) is 8.78. The van der Waals surface area contributed by atoms with E-state index in [1.807, 2.05) is 13.8 Å². The molecule has 0 saturated carbocycles. The number of anilines is 1. The largest absolute Gasteiger partial charge is 0.436 e. The number of rotatable bonds is 7. The highest BCUT2D eigenvalue weighted by Gasteiger charge is 2.30. The summed E-state index contributed by atoms with van der Waals surface area (Å²) in [6.45, 7) is 3.89. The van der Waals surface area contributed by atoms with Crippen LogP contribution in [0.4, 0.5) is 23.7 Å². The predicted molar refractivity (Wildman–Crippen MR) is 103 cm³/mol. The Hall–Kier alpha value is -3.02. The maximum absolute atomic E-state index is 12.7. The van der Waals surface area contributed by atoms with Gasteiger partial charge in [-0.3, -0.25) is 15.5 Å². The molecule has 0 aromatic heterocycles. The average molecular weight is 420 g/mol. The highest BCUT2D eigenvalue weighted by atomic mass is 19.4. The van der Waals surface area contributed by atoms with Crippen LogP contribution in [0.1, 0.15) is 28.7 Å². The van der Waals surface area contributed by atoms with Gasteiger partial charge in [0.05, 0.1) is 12.1 Å². The van der Waals surface area contributed by atoms with E-state index in [-0.39, 0.29) is 27.4 Å². The standard InChI is InChI=1S/C17H23F3N6O3.2H2/c1-10(2)8-13(15(27)26(3)9-14-22-24-25-23-14)29-16(28)21-12-6-4-11(5-7-12)17(18,19)20;;/h4-7,10,13,24-25H,8-9H2,1-3H3,(H,21,28)(H,22,23);2*1H/t13-;;/m0../s1. The fourth-order valence-electron chi connectivity index (χ4n) is 2.49. The Bertz CT molecular complexity index is 762. The lowest BCUT2D eigenvalue weighted by molar-refractivity contribution is -0.139. The van der Waals surface area contributed by atoms with Gasteiger partial charge < -0.3 is 9.64 Å². The molecule has 4 N–H and O–H groups in total. The van der Waals surface area contributed by atoms with E-state index < -0.39 is 29.8 Å². The normalized spacial score (nSPS) is 14.5. The van der Waals surface area contributed by atoms with Gasteiger partial charge in [-0.1, -0.05) is 13.8 Å². The number of amidine groups is 1. The van der Waals surface area contributed by atoms with Crippen molar-refractivity contribution in [2.75, 3.05) is 18.9 Å². The highest BCUT2D eigenvalue weighted by molar-refractivity contribution is 5.92. The lowest BCUT2D eigenvalue weighted by Crippen LogP contribution is -2.45. The summed E-state index contributed by atoms with van der Waals surface area (Å²) in [5.74, 6) is 0.0949. The predicted octanol–water partition coefficient (Wildman–Crippen LogP) is 2.54. The number of hydrazone groups is 1. The zero-order valence-electron chi connectivity index (χ0n) is 16.1. The number of likely N-dealkylation sites (N-methyl/N-ethyl adjacent to an activating group) is 1. The molecule has 2 amide bonds. The van der Waals surface area contributed by atoms with Crippen LogP contribution in [0, 0.1) is 5.92 Å². The van der Waals surface area contributed by atoms with Crippen LogP contribution in [0.2, 0.25) is 0 Å². The molecule has 0 spiro atoms. The van der Waals surface area contributed by atoms with Gasteiger partial charge >= 0.3 is 12.3 Å². The molecule has 2 rings (SSSR count). The van der Waals surface area contributed by atoms with E-state index in [1.165, 1.54) is 11.9 Å². The quantitative estimate of drug-likeness (QED) is 0.540. The molecule has 0 bridgehead atoms. The minimum atomic E-state index is -4.47. The molecular formula is C17H27F3N6O3. The summed E-state index contributed by atoms with van der Waals surface area (Å²) in [7, 11) is 1.54. The summed E-state index contributed by atoms with van der Waals surface area (Å²) in [5, 5.41) is 6.21. The number of hydrogen-bond donors (Lipinski definition) is 4. The van der Waals surface area contributed by atoms with Crippen LogP contribution >= 0.6 is 0 Å². The lowest BCUT2D eigenvalue weighted by atomic mass is 10.1. The number of nitrogens with zero attached hydrogens (tertiary/aromatic N) is 2. The molecule has 0 radical (unpaired) electrons. The van der Waals surface area contributed by atoms with E-state index >= 15 is 0 Å². The third kappa shape index (κ3) is 6.82. The van der Waals surface area contributed by atoms with Crippen molar-refractivity contribution in [1.82, 2.24) is 21.4 Å². The number of amides is 2. The van der Waals surface area contributed by atoms with Crippen LogP contribution in [0.25, 0.3) is 0 Å². The van der Waals surface area contributed by atoms with E-state index in [2.05, 4.69) is 26.9 Å². The summed E-state index contributed by atoms with van der Waals surface area (Å²) < 4.78 is 43.1. The summed E-state index contributed by atoms with van der Waals surface area (Å²) in [6.07, 6.45) is -6.18. The Morgan fingerprint density at radius 2 is 1.93 bits per heavy atom. The minimum absolute atomic E-state index is 0. The van der Waals surface area contributed by atoms with Gasteiger partial charge in [0.25, 0.3) is 5.91 Å². The Morgan fingerprint density at radius 1 is 1.28 bits per heavy atom. The van der Waals surface area contributed by atoms with Crippen molar-refractivity contribution >= 4 is 23.5 Å².